The Kier molecular flexibility index (Phi) is 5.82. The zero-order chi connectivity index (χ0) is 15.2. The van der Waals surface area contributed by atoms with Gasteiger partial charge in [0.25, 0.3) is 0 Å². The van der Waals surface area contributed by atoms with E-state index in [9.17, 15) is 18.0 Å². The standard InChI is InChI=1S/C13H17F3N2O2/c1-2-11(17)12(19)18-7-9-3-5-10(6-4-9)20-8-13(14,15)16/h3-6,11H,2,7-8,17H2,1H3,(H,18,19). The van der Waals surface area contributed by atoms with Gasteiger partial charge in [-0.15, -0.1) is 0 Å². The summed E-state index contributed by atoms with van der Waals surface area (Å²) >= 11 is 0. The monoisotopic (exact) mass is 290 g/mol. The second-order valence-electron chi connectivity index (χ2n) is 4.28. The molecule has 0 saturated carbocycles. The van der Waals surface area contributed by atoms with E-state index < -0.39 is 18.8 Å². The molecule has 0 aliphatic rings. The highest BCUT2D eigenvalue weighted by atomic mass is 19.4. The van der Waals surface area contributed by atoms with E-state index in [-0.39, 0.29) is 18.2 Å². The van der Waals surface area contributed by atoms with Gasteiger partial charge in [-0.25, -0.2) is 0 Å². The van der Waals surface area contributed by atoms with Crippen LogP contribution in [0.4, 0.5) is 13.2 Å². The summed E-state index contributed by atoms with van der Waals surface area (Å²) in [5.41, 5.74) is 6.30. The number of carbonyl (C=O) groups excluding carboxylic acids is 1. The van der Waals surface area contributed by atoms with Gasteiger partial charge in [0.05, 0.1) is 6.04 Å². The molecular weight excluding hydrogens is 273 g/mol. The molecule has 0 radical (unpaired) electrons. The molecule has 1 atom stereocenters. The zero-order valence-corrected chi connectivity index (χ0v) is 11.0. The van der Waals surface area contributed by atoms with Crippen LogP contribution in [0.2, 0.25) is 0 Å². The summed E-state index contributed by atoms with van der Waals surface area (Å²) in [5.74, 6) is -0.132. The van der Waals surface area contributed by atoms with E-state index in [0.717, 1.165) is 5.56 Å². The molecule has 3 N–H and O–H groups in total. The summed E-state index contributed by atoms with van der Waals surface area (Å²) < 4.78 is 40.4. The Balaban J connectivity index is 2.45. The fourth-order valence-electron chi connectivity index (χ4n) is 1.37. The Hall–Kier alpha value is -1.76. The number of nitrogens with two attached hydrogens (primary N) is 1. The lowest BCUT2D eigenvalue weighted by Crippen LogP contribution is -2.39. The number of halogens is 3. The van der Waals surface area contributed by atoms with Crippen molar-refractivity contribution >= 4 is 5.91 Å². The average molecular weight is 290 g/mol. The van der Waals surface area contributed by atoms with Crippen molar-refractivity contribution in [3.8, 4) is 5.75 Å². The summed E-state index contributed by atoms with van der Waals surface area (Å²) in [5, 5.41) is 2.64. The van der Waals surface area contributed by atoms with Crippen molar-refractivity contribution in [1.29, 1.82) is 0 Å². The Morgan fingerprint density at radius 2 is 1.95 bits per heavy atom. The lowest BCUT2D eigenvalue weighted by Gasteiger charge is -2.11. The summed E-state index contributed by atoms with van der Waals surface area (Å²) in [6, 6.07) is 5.47. The van der Waals surface area contributed by atoms with Crippen LogP contribution < -0.4 is 15.8 Å². The van der Waals surface area contributed by atoms with Gasteiger partial charge < -0.3 is 15.8 Å². The maximum Gasteiger partial charge on any atom is 0.422 e. The molecular formula is C13H17F3N2O2. The van der Waals surface area contributed by atoms with Crippen LogP contribution in [0.15, 0.2) is 24.3 Å². The molecule has 1 amide bonds. The van der Waals surface area contributed by atoms with Gasteiger partial charge in [0.15, 0.2) is 6.61 Å². The minimum absolute atomic E-state index is 0.127. The first-order valence-electron chi connectivity index (χ1n) is 6.13. The second kappa shape index (κ2) is 7.14. The number of ether oxygens (including phenoxy) is 1. The number of nitrogens with one attached hydrogen (secondary N) is 1. The van der Waals surface area contributed by atoms with Crippen molar-refractivity contribution in [3.63, 3.8) is 0 Å². The van der Waals surface area contributed by atoms with Crippen LogP contribution in [0, 0.1) is 0 Å². The van der Waals surface area contributed by atoms with Gasteiger partial charge in [-0.05, 0) is 24.1 Å². The molecule has 0 saturated heterocycles. The molecule has 0 heterocycles. The average Bonchev–Trinajstić information content (AvgIpc) is 2.41. The van der Waals surface area contributed by atoms with Crippen molar-refractivity contribution in [3.05, 3.63) is 29.8 Å². The van der Waals surface area contributed by atoms with Crippen LogP contribution in [0.1, 0.15) is 18.9 Å². The number of rotatable bonds is 6. The van der Waals surface area contributed by atoms with Gasteiger partial charge in [-0.1, -0.05) is 19.1 Å². The third kappa shape index (κ3) is 5.92. The van der Waals surface area contributed by atoms with Gasteiger partial charge >= 0.3 is 6.18 Å². The van der Waals surface area contributed by atoms with Crippen LogP contribution in [0.3, 0.4) is 0 Å². The lowest BCUT2D eigenvalue weighted by molar-refractivity contribution is -0.153. The SMILES string of the molecule is CCC(N)C(=O)NCc1ccc(OCC(F)(F)F)cc1. The summed E-state index contributed by atoms with van der Waals surface area (Å²) in [6.07, 6.45) is -3.82. The molecule has 1 rings (SSSR count). The fraction of sp³-hybridized carbons (Fsp3) is 0.462. The number of hydrogen-bond donors (Lipinski definition) is 2. The first-order valence-corrected chi connectivity index (χ1v) is 6.13. The van der Waals surface area contributed by atoms with Crippen molar-refractivity contribution < 1.29 is 22.7 Å². The third-order valence-electron chi connectivity index (χ3n) is 2.57. The predicted octanol–water partition coefficient (Wildman–Crippen LogP) is 1.98. The molecule has 112 valence electrons. The second-order valence-corrected chi connectivity index (χ2v) is 4.28. The molecule has 0 aromatic heterocycles. The first kappa shape index (κ1) is 16.3. The molecule has 4 nitrogen and oxygen atoms in total. The van der Waals surface area contributed by atoms with Gasteiger partial charge in [0.2, 0.25) is 5.91 Å². The Bertz CT molecular complexity index is 432. The van der Waals surface area contributed by atoms with Gasteiger partial charge in [-0.3, -0.25) is 4.79 Å². The van der Waals surface area contributed by atoms with E-state index in [4.69, 9.17) is 5.73 Å². The highest BCUT2D eigenvalue weighted by Gasteiger charge is 2.28. The molecule has 0 spiro atoms. The molecule has 0 aliphatic heterocycles. The minimum atomic E-state index is -4.36. The molecule has 1 aromatic rings. The summed E-state index contributed by atoms with van der Waals surface area (Å²) in [4.78, 5) is 11.4. The van der Waals surface area contributed by atoms with E-state index in [2.05, 4.69) is 10.1 Å². The highest BCUT2D eigenvalue weighted by molar-refractivity contribution is 5.81. The van der Waals surface area contributed by atoms with E-state index >= 15 is 0 Å². The molecule has 7 heteroatoms. The summed E-state index contributed by atoms with van der Waals surface area (Å²) in [6.45, 7) is 0.748. The van der Waals surface area contributed by atoms with E-state index in [1.165, 1.54) is 12.1 Å². The predicted molar refractivity (Wildman–Crippen MR) is 68.1 cm³/mol. The van der Waals surface area contributed by atoms with Crippen LogP contribution in [0.5, 0.6) is 5.75 Å². The number of carbonyl (C=O) groups is 1. The quantitative estimate of drug-likeness (QED) is 0.842. The van der Waals surface area contributed by atoms with E-state index in [1.807, 2.05) is 0 Å². The molecule has 1 unspecified atom stereocenters. The lowest BCUT2D eigenvalue weighted by atomic mass is 10.2. The van der Waals surface area contributed by atoms with Crippen molar-refractivity contribution in [2.75, 3.05) is 6.61 Å². The number of alkyl halides is 3. The highest BCUT2D eigenvalue weighted by Crippen LogP contribution is 2.18. The number of hydrogen-bond acceptors (Lipinski definition) is 3. The van der Waals surface area contributed by atoms with Gasteiger partial charge in [-0.2, -0.15) is 13.2 Å². The van der Waals surface area contributed by atoms with E-state index in [0.29, 0.717) is 6.42 Å². The molecule has 0 bridgehead atoms. The third-order valence-corrected chi connectivity index (χ3v) is 2.57. The van der Waals surface area contributed by atoms with Crippen molar-refractivity contribution in [2.45, 2.75) is 32.1 Å². The topological polar surface area (TPSA) is 64.4 Å². The molecule has 0 aliphatic carbocycles. The summed E-state index contributed by atoms with van der Waals surface area (Å²) in [7, 11) is 0. The Labute approximate surface area is 115 Å². The number of amides is 1. The Morgan fingerprint density at radius 3 is 2.45 bits per heavy atom. The Morgan fingerprint density at radius 1 is 1.35 bits per heavy atom. The van der Waals surface area contributed by atoms with Gasteiger partial charge in [0.1, 0.15) is 5.75 Å². The van der Waals surface area contributed by atoms with E-state index in [1.54, 1.807) is 19.1 Å². The van der Waals surface area contributed by atoms with Crippen LogP contribution in [-0.4, -0.2) is 24.7 Å². The maximum absolute atomic E-state index is 12.0. The van der Waals surface area contributed by atoms with Crippen LogP contribution >= 0.6 is 0 Å². The largest absolute Gasteiger partial charge is 0.484 e. The zero-order valence-electron chi connectivity index (χ0n) is 11.0. The normalized spacial score (nSPS) is 12.8. The molecule has 20 heavy (non-hydrogen) atoms. The van der Waals surface area contributed by atoms with Crippen LogP contribution in [0.25, 0.3) is 0 Å². The smallest absolute Gasteiger partial charge is 0.422 e. The van der Waals surface area contributed by atoms with Crippen molar-refractivity contribution in [1.82, 2.24) is 5.32 Å². The molecule has 1 aromatic carbocycles. The van der Waals surface area contributed by atoms with Gasteiger partial charge in [0, 0.05) is 6.54 Å². The first-order chi connectivity index (χ1) is 9.31. The minimum Gasteiger partial charge on any atom is -0.484 e. The van der Waals surface area contributed by atoms with Crippen LogP contribution in [-0.2, 0) is 11.3 Å². The van der Waals surface area contributed by atoms with Crippen molar-refractivity contribution in [2.24, 2.45) is 5.73 Å². The maximum atomic E-state index is 12.0. The fourth-order valence-corrected chi connectivity index (χ4v) is 1.37. The number of benzene rings is 1. The molecule has 0 fully saturated rings.